The Bertz CT molecular complexity index is 606. The highest BCUT2D eigenvalue weighted by molar-refractivity contribution is 5.81. The van der Waals surface area contributed by atoms with Crippen LogP contribution >= 0.6 is 0 Å². The van der Waals surface area contributed by atoms with Crippen molar-refractivity contribution in [2.75, 3.05) is 14.2 Å². The van der Waals surface area contributed by atoms with E-state index in [-0.39, 0.29) is 18.1 Å². The lowest BCUT2D eigenvalue weighted by Gasteiger charge is -2.26. The molecule has 0 spiro atoms. The van der Waals surface area contributed by atoms with Gasteiger partial charge in [-0.1, -0.05) is 44.2 Å². The second-order valence-electron chi connectivity index (χ2n) is 5.84. The highest BCUT2D eigenvalue weighted by Crippen LogP contribution is 2.27. The molecule has 6 heteroatoms. The third-order valence-electron chi connectivity index (χ3n) is 3.67. The van der Waals surface area contributed by atoms with Crippen LogP contribution in [0.3, 0.4) is 0 Å². The van der Waals surface area contributed by atoms with Crippen LogP contribution in [0.2, 0.25) is 0 Å². The summed E-state index contributed by atoms with van der Waals surface area (Å²) < 4.78 is 20.6. The first-order valence-corrected chi connectivity index (χ1v) is 8.32. The molecule has 0 N–H and O–H groups in total. The van der Waals surface area contributed by atoms with E-state index in [1.54, 1.807) is 0 Å². The second-order valence-corrected chi connectivity index (χ2v) is 5.84. The first-order chi connectivity index (χ1) is 12.5. The van der Waals surface area contributed by atoms with E-state index < -0.39 is 11.9 Å². The number of esters is 2. The Hall–Kier alpha value is -2.76. The topological polar surface area (TPSA) is 71.1 Å². The van der Waals surface area contributed by atoms with Gasteiger partial charge in [-0.2, -0.15) is 0 Å². The van der Waals surface area contributed by atoms with E-state index in [0.29, 0.717) is 6.42 Å². The summed E-state index contributed by atoms with van der Waals surface area (Å²) in [6.45, 7) is 4.03. The van der Waals surface area contributed by atoms with Crippen LogP contribution < -0.4 is 0 Å². The fourth-order valence-electron chi connectivity index (χ4n) is 2.16. The van der Waals surface area contributed by atoms with E-state index in [9.17, 15) is 9.59 Å². The van der Waals surface area contributed by atoms with Gasteiger partial charge in [0.1, 0.15) is 12.2 Å². The molecule has 0 aliphatic carbocycles. The minimum Gasteiger partial charge on any atom is -0.497 e. The van der Waals surface area contributed by atoms with Gasteiger partial charge in [-0.05, 0) is 11.5 Å². The number of carbonyl (C=O) groups excluding carboxylic acids is 2. The molecule has 1 aromatic rings. The number of methoxy groups -OCH3 is 2. The molecule has 0 aliphatic heterocycles. The maximum atomic E-state index is 11.2. The number of rotatable bonds is 10. The van der Waals surface area contributed by atoms with Crippen LogP contribution in [-0.4, -0.2) is 32.3 Å². The number of ether oxygens (including phenoxy) is 4. The summed E-state index contributed by atoms with van der Waals surface area (Å²) in [5.41, 5.74) is 0.952. The molecule has 1 aromatic carbocycles. The average molecular weight is 362 g/mol. The van der Waals surface area contributed by atoms with Crippen molar-refractivity contribution in [1.29, 1.82) is 0 Å². The summed E-state index contributed by atoms with van der Waals surface area (Å²) in [6.07, 6.45) is 5.11. The number of hydrogen-bond donors (Lipinski definition) is 0. The summed E-state index contributed by atoms with van der Waals surface area (Å²) in [5, 5.41) is 0. The van der Waals surface area contributed by atoms with Crippen LogP contribution in [-0.2, 0) is 28.5 Å². The van der Waals surface area contributed by atoms with Gasteiger partial charge in [0, 0.05) is 6.42 Å². The van der Waals surface area contributed by atoms with Crippen molar-refractivity contribution < 1.29 is 28.5 Å². The van der Waals surface area contributed by atoms with E-state index in [0.717, 1.165) is 5.56 Å². The quantitative estimate of drug-likeness (QED) is 0.360. The zero-order chi connectivity index (χ0) is 19.4. The summed E-state index contributed by atoms with van der Waals surface area (Å²) in [4.78, 5) is 22.4. The lowest BCUT2D eigenvalue weighted by molar-refractivity contribution is -0.135. The summed E-state index contributed by atoms with van der Waals surface area (Å²) >= 11 is 0. The molecule has 26 heavy (non-hydrogen) atoms. The summed E-state index contributed by atoms with van der Waals surface area (Å²) in [6, 6.07) is 9.63. The van der Waals surface area contributed by atoms with E-state index in [2.05, 4.69) is 9.47 Å². The molecular formula is C20H26O6. The molecule has 0 aromatic heterocycles. The molecule has 2 atom stereocenters. The Kier molecular flexibility index (Phi) is 9.61. The van der Waals surface area contributed by atoms with Crippen LogP contribution in [0.25, 0.3) is 0 Å². The zero-order valence-electron chi connectivity index (χ0n) is 15.6. The van der Waals surface area contributed by atoms with Crippen molar-refractivity contribution in [2.45, 2.75) is 32.5 Å². The van der Waals surface area contributed by atoms with Crippen LogP contribution in [0.5, 0.6) is 0 Å². The van der Waals surface area contributed by atoms with Gasteiger partial charge in [-0.15, -0.1) is 0 Å². The monoisotopic (exact) mass is 362 g/mol. The third kappa shape index (κ3) is 7.88. The molecule has 0 radical (unpaired) electrons. The van der Waals surface area contributed by atoms with E-state index in [1.807, 2.05) is 44.2 Å². The van der Waals surface area contributed by atoms with Gasteiger partial charge in [-0.25, -0.2) is 9.59 Å². The van der Waals surface area contributed by atoms with Crippen LogP contribution in [0, 0.1) is 5.92 Å². The minimum absolute atomic E-state index is 0.177. The van der Waals surface area contributed by atoms with Gasteiger partial charge >= 0.3 is 11.9 Å². The van der Waals surface area contributed by atoms with Gasteiger partial charge in [0.15, 0.2) is 0 Å². The standard InChI is InChI=1S/C20H26O6/c1-15(2)17(25-12-10-19(21)23-3)14-18(16-8-6-5-7-9-16)26-13-11-20(22)24-4/h5-13,15,17-18H,14H2,1-4H3/b12-10+,13-11+/t17-,18-/m0/s1. The third-order valence-corrected chi connectivity index (χ3v) is 3.67. The van der Waals surface area contributed by atoms with Gasteiger partial charge in [0.25, 0.3) is 0 Å². The Balaban J connectivity index is 2.86. The Labute approximate surface area is 154 Å². The normalized spacial score (nSPS) is 13.6. The van der Waals surface area contributed by atoms with Gasteiger partial charge in [-0.3, -0.25) is 0 Å². The number of carbonyl (C=O) groups is 2. The van der Waals surface area contributed by atoms with E-state index in [4.69, 9.17) is 9.47 Å². The van der Waals surface area contributed by atoms with Crippen LogP contribution in [0.1, 0.15) is 31.9 Å². The highest BCUT2D eigenvalue weighted by Gasteiger charge is 2.22. The maximum Gasteiger partial charge on any atom is 0.333 e. The smallest absolute Gasteiger partial charge is 0.333 e. The molecule has 0 unspecified atom stereocenters. The van der Waals surface area contributed by atoms with Crippen molar-refractivity contribution >= 4 is 11.9 Å². The lowest BCUT2D eigenvalue weighted by atomic mass is 9.96. The molecule has 0 saturated carbocycles. The van der Waals surface area contributed by atoms with Crippen LogP contribution in [0.4, 0.5) is 0 Å². The molecule has 142 valence electrons. The van der Waals surface area contributed by atoms with Crippen molar-refractivity contribution in [2.24, 2.45) is 5.92 Å². The lowest BCUT2D eigenvalue weighted by Crippen LogP contribution is -2.21. The van der Waals surface area contributed by atoms with Gasteiger partial charge in [0.2, 0.25) is 0 Å². The Morgan fingerprint density at radius 2 is 1.46 bits per heavy atom. The summed E-state index contributed by atoms with van der Waals surface area (Å²) in [5.74, 6) is -0.796. The summed E-state index contributed by atoms with van der Waals surface area (Å²) in [7, 11) is 2.61. The minimum atomic E-state index is -0.491. The Morgan fingerprint density at radius 3 is 1.96 bits per heavy atom. The number of hydrogen-bond acceptors (Lipinski definition) is 6. The number of benzene rings is 1. The van der Waals surface area contributed by atoms with Crippen molar-refractivity contribution in [3.05, 3.63) is 60.6 Å². The first-order valence-electron chi connectivity index (χ1n) is 8.32. The molecule has 0 bridgehead atoms. The fraction of sp³-hybridized carbons (Fsp3) is 0.400. The average Bonchev–Trinajstić information content (AvgIpc) is 2.65. The molecule has 0 amide bonds. The fourth-order valence-corrected chi connectivity index (χ4v) is 2.16. The molecule has 0 fully saturated rings. The van der Waals surface area contributed by atoms with Gasteiger partial charge < -0.3 is 18.9 Å². The molecule has 0 aliphatic rings. The SMILES string of the molecule is COC(=O)/C=C/O[C@@H](C[C@H](O/C=C/C(=O)OC)C(C)C)c1ccccc1. The zero-order valence-corrected chi connectivity index (χ0v) is 15.6. The van der Waals surface area contributed by atoms with Crippen molar-refractivity contribution in [3.63, 3.8) is 0 Å². The molecule has 0 heterocycles. The molecular weight excluding hydrogens is 336 g/mol. The Morgan fingerprint density at radius 1 is 0.923 bits per heavy atom. The molecule has 0 saturated heterocycles. The first kappa shape index (κ1) is 21.3. The van der Waals surface area contributed by atoms with Crippen molar-refractivity contribution in [1.82, 2.24) is 0 Å². The predicted molar refractivity (Wildman–Crippen MR) is 96.9 cm³/mol. The molecule has 1 rings (SSSR count). The van der Waals surface area contributed by atoms with E-state index in [1.165, 1.54) is 38.9 Å². The van der Waals surface area contributed by atoms with Crippen molar-refractivity contribution in [3.8, 4) is 0 Å². The largest absolute Gasteiger partial charge is 0.497 e. The predicted octanol–water partition coefficient (Wildman–Crippen LogP) is 3.55. The second kappa shape index (κ2) is 11.7. The van der Waals surface area contributed by atoms with E-state index >= 15 is 0 Å². The highest BCUT2D eigenvalue weighted by atomic mass is 16.5. The van der Waals surface area contributed by atoms with Crippen LogP contribution in [0.15, 0.2) is 55.0 Å². The maximum absolute atomic E-state index is 11.2. The van der Waals surface area contributed by atoms with Gasteiger partial charge in [0.05, 0.1) is 38.9 Å². The molecule has 6 nitrogen and oxygen atoms in total.